The van der Waals surface area contributed by atoms with Gasteiger partial charge in [-0.25, -0.2) is 4.98 Å². The molecule has 0 bridgehead atoms. The first-order valence-corrected chi connectivity index (χ1v) is 8.87. The van der Waals surface area contributed by atoms with Gasteiger partial charge in [-0.15, -0.1) is 13.2 Å². The van der Waals surface area contributed by atoms with Crippen LogP contribution < -0.4 is 4.74 Å². The third-order valence-corrected chi connectivity index (χ3v) is 4.76. The Balaban J connectivity index is 2.05. The fourth-order valence-electron chi connectivity index (χ4n) is 2.48. The molecule has 0 aliphatic carbocycles. The minimum Gasteiger partial charge on any atom is -0.406 e. The van der Waals surface area contributed by atoms with Crippen molar-refractivity contribution in [2.24, 2.45) is 0 Å². The number of nitrogens with zero attached hydrogens (tertiary/aromatic N) is 1. The Labute approximate surface area is 152 Å². The lowest BCUT2D eigenvalue weighted by Gasteiger charge is -2.11. The van der Waals surface area contributed by atoms with Crippen LogP contribution >= 0.6 is 31.9 Å². The first-order valence-electron chi connectivity index (χ1n) is 6.95. The molecule has 3 aromatic rings. The number of aryl methyl sites for hydroxylation is 1. The zero-order valence-electron chi connectivity index (χ0n) is 12.1. The quantitative estimate of drug-likeness (QED) is 0.494. The zero-order chi connectivity index (χ0) is 17.3. The van der Waals surface area contributed by atoms with E-state index in [-0.39, 0.29) is 5.75 Å². The highest BCUT2D eigenvalue weighted by atomic mass is 79.9. The number of aromatic amines is 1. The molecular weight excluding hydrogens is 453 g/mol. The van der Waals surface area contributed by atoms with Crippen LogP contribution in [0, 0.1) is 0 Å². The number of hydrogen-bond acceptors (Lipinski definition) is 2. The molecule has 0 saturated heterocycles. The molecule has 0 saturated carbocycles. The van der Waals surface area contributed by atoms with Gasteiger partial charge in [0.2, 0.25) is 0 Å². The number of benzene rings is 2. The number of imidazole rings is 1. The third kappa shape index (κ3) is 3.59. The molecule has 0 aliphatic rings. The highest BCUT2D eigenvalue weighted by molar-refractivity contribution is 9.10. The molecule has 8 heteroatoms. The van der Waals surface area contributed by atoms with Gasteiger partial charge in [-0.05, 0) is 51.7 Å². The van der Waals surface area contributed by atoms with E-state index in [0.717, 1.165) is 43.9 Å². The molecule has 0 amide bonds. The monoisotopic (exact) mass is 462 g/mol. The molecule has 2 aromatic carbocycles. The molecule has 0 fully saturated rings. The number of nitrogens with one attached hydrogen (secondary N) is 1. The summed E-state index contributed by atoms with van der Waals surface area (Å²) >= 11 is 6.99. The van der Waals surface area contributed by atoms with Crippen LogP contribution in [0.2, 0.25) is 0 Å². The molecule has 0 atom stereocenters. The van der Waals surface area contributed by atoms with Crippen molar-refractivity contribution >= 4 is 42.9 Å². The van der Waals surface area contributed by atoms with E-state index in [9.17, 15) is 13.2 Å². The van der Waals surface area contributed by atoms with Gasteiger partial charge < -0.3 is 9.72 Å². The average Bonchev–Trinajstić information content (AvgIpc) is 3.00. The van der Waals surface area contributed by atoms with Crippen LogP contribution in [0.25, 0.3) is 22.2 Å². The van der Waals surface area contributed by atoms with Crippen LogP contribution in [0.5, 0.6) is 5.75 Å². The van der Waals surface area contributed by atoms with E-state index in [1.54, 1.807) is 18.5 Å². The number of rotatable bonds is 4. The van der Waals surface area contributed by atoms with Crippen LogP contribution in [0.1, 0.15) is 5.56 Å². The number of aromatic nitrogens is 2. The topological polar surface area (TPSA) is 37.9 Å². The van der Waals surface area contributed by atoms with E-state index in [0.29, 0.717) is 0 Å². The molecule has 3 nitrogen and oxygen atoms in total. The van der Waals surface area contributed by atoms with Gasteiger partial charge in [0, 0.05) is 15.4 Å². The fraction of sp³-hybridized carbons (Fsp3) is 0.188. The largest absolute Gasteiger partial charge is 0.573 e. The summed E-state index contributed by atoms with van der Waals surface area (Å²) < 4.78 is 41.6. The maximum Gasteiger partial charge on any atom is 0.573 e. The van der Waals surface area contributed by atoms with Crippen LogP contribution in [-0.2, 0) is 6.42 Å². The number of fused-ring (bicyclic) bond motifs is 1. The lowest BCUT2D eigenvalue weighted by molar-refractivity contribution is -0.274. The first kappa shape index (κ1) is 17.3. The molecule has 3 rings (SSSR count). The minimum atomic E-state index is -4.70. The van der Waals surface area contributed by atoms with Gasteiger partial charge in [-0.2, -0.15) is 0 Å². The Kier molecular flexibility index (Phi) is 4.87. The minimum absolute atomic E-state index is 0.245. The predicted octanol–water partition coefficient (Wildman–Crippen LogP) is 5.83. The Morgan fingerprint density at radius 1 is 1.17 bits per heavy atom. The van der Waals surface area contributed by atoms with Crippen molar-refractivity contribution in [1.82, 2.24) is 9.97 Å². The van der Waals surface area contributed by atoms with Crippen molar-refractivity contribution in [1.29, 1.82) is 0 Å². The zero-order valence-corrected chi connectivity index (χ0v) is 15.3. The van der Waals surface area contributed by atoms with Gasteiger partial charge in [-0.1, -0.05) is 28.1 Å². The molecule has 126 valence electrons. The molecule has 1 aromatic heterocycles. The normalized spacial score (nSPS) is 11.9. The Morgan fingerprint density at radius 3 is 2.50 bits per heavy atom. The summed E-state index contributed by atoms with van der Waals surface area (Å²) in [5.74, 6) is -0.245. The molecular formula is C16H11Br2F3N2O. The summed E-state index contributed by atoms with van der Waals surface area (Å²) in [5.41, 5.74) is 4.34. The number of H-pyrrole nitrogens is 1. The second-order valence-electron chi connectivity index (χ2n) is 5.03. The predicted molar refractivity (Wildman–Crippen MR) is 93.4 cm³/mol. The van der Waals surface area contributed by atoms with E-state index < -0.39 is 6.36 Å². The van der Waals surface area contributed by atoms with Crippen molar-refractivity contribution in [3.05, 3.63) is 46.7 Å². The van der Waals surface area contributed by atoms with Crippen molar-refractivity contribution in [3.8, 4) is 16.9 Å². The third-order valence-electron chi connectivity index (χ3n) is 3.48. The standard InChI is InChI=1S/C16H11Br2F3N2O/c17-6-5-10-7-12(14-15(13(10)18)23-8-22-14)9-1-3-11(4-2-9)24-16(19,20)21/h1-4,7-8H,5-6H2,(H,22,23). The number of ether oxygens (including phenoxy) is 1. The molecule has 0 spiro atoms. The van der Waals surface area contributed by atoms with E-state index in [2.05, 4.69) is 46.6 Å². The van der Waals surface area contributed by atoms with Gasteiger partial charge in [0.1, 0.15) is 11.3 Å². The van der Waals surface area contributed by atoms with Crippen LogP contribution in [0.3, 0.4) is 0 Å². The molecule has 0 radical (unpaired) electrons. The lowest BCUT2D eigenvalue weighted by Crippen LogP contribution is -2.16. The van der Waals surface area contributed by atoms with Gasteiger partial charge in [-0.3, -0.25) is 0 Å². The number of halogens is 5. The summed E-state index contributed by atoms with van der Waals surface area (Å²) in [7, 11) is 0. The summed E-state index contributed by atoms with van der Waals surface area (Å²) in [6, 6.07) is 7.81. The van der Waals surface area contributed by atoms with E-state index in [1.807, 2.05) is 6.07 Å². The maximum atomic E-state index is 12.3. The fourth-order valence-corrected chi connectivity index (χ4v) is 3.52. The lowest BCUT2D eigenvalue weighted by atomic mass is 10.00. The summed E-state index contributed by atoms with van der Waals surface area (Å²) in [5, 5.41) is 0.791. The second kappa shape index (κ2) is 6.76. The van der Waals surface area contributed by atoms with Crippen molar-refractivity contribution in [2.75, 3.05) is 5.33 Å². The molecule has 0 unspecified atom stereocenters. The van der Waals surface area contributed by atoms with Crippen molar-refractivity contribution in [2.45, 2.75) is 12.8 Å². The maximum absolute atomic E-state index is 12.3. The van der Waals surface area contributed by atoms with E-state index in [1.165, 1.54) is 12.1 Å². The smallest absolute Gasteiger partial charge is 0.406 e. The van der Waals surface area contributed by atoms with Crippen molar-refractivity contribution < 1.29 is 17.9 Å². The molecule has 1 heterocycles. The van der Waals surface area contributed by atoms with Crippen LogP contribution in [0.4, 0.5) is 13.2 Å². The highest BCUT2D eigenvalue weighted by Gasteiger charge is 2.31. The van der Waals surface area contributed by atoms with E-state index in [4.69, 9.17) is 0 Å². The molecule has 1 N–H and O–H groups in total. The van der Waals surface area contributed by atoms with Gasteiger partial charge in [0.25, 0.3) is 0 Å². The van der Waals surface area contributed by atoms with Crippen molar-refractivity contribution in [3.63, 3.8) is 0 Å². The van der Waals surface area contributed by atoms with Gasteiger partial charge in [0.05, 0.1) is 11.8 Å². The second-order valence-corrected chi connectivity index (χ2v) is 6.62. The molecule has 24 heavy (non-hydrogen) atoms. The Bertz CT molecular complexity index is 860. The molecule has 0 aliphatic heterocycles. The number of hydrogen-bond donors (Lipinski definition) is 1. The van der Waals surface area contributed by atoms with Crippen LogP contribution in [-0.4, -0.2) is 21.7 Å². The first-order chi connectivity index (χ1) is 11.4. The highest BCUT2D eigenvalue weighted by Crippen LogP contribution is 2.35. The SMILES string of the molecule is FC(F)(F)Oc1ccc(-c2cc(CCBr)c(Br)c3nc[nH]c23)cc1. The summed E-state index contributed by atoms with van der Waals surface area (Å²) in [6.45, 7) is 0. The van der Waals surface area contributed by atoms with E-state index >= 15 is 0 Å². The number of alkyl halides is 4. The Hall–Kier alpha value is -1.54. The summed E-state index contributed by atoms with van der Waals surface area (Å²) in [4.78, 5) is 7.41. The van der Waals surface area contributed by atoms with Gasteiger partial charge >= 0.3 is 6.36 Å². The van der Waals surface area contributed by atoms with Crippen LogP contribution in [0.15, 0.2) is 41.1 Å². The summed E-state index contributed by atoms with van der Waals surface area (Å²) in [6.07, 6.45) is -2.30. The average molecular weight is 464 g/mol. The van der Waals surface area contributed by atoms with Gasteiger partial charge in [0.15, 0.2) is 0 Å². The Morgan fingerprint density at radius 2 is 1.88 bits per heavy atom.